The fourth-order valence-electron chi connectivity index (χ4n) is 4.18. The third kappa shape index (κ3) is 6.00. The molecule has 0 saturated carbocycles. The first-order valence-electron chi connectivity index (χ1n) is 11.0. The van der Waals surface area contributed by atoms with Crippen molar-refractivity contribution < 1.29 is 14.6 Å². The van der Waals surface area contributed by atoms with Gasteiger partial charge in [-0.2, -0.15) is 0 Å². The van der Waals surface area contributed by atoms with Gasteiger partial charge in [-0.3, -0.25) is 9.69 Å². The predicted octanol–water partition coefficient (Wildman–Crippen LogP) is 1.10. The number of fused-ring (bicyclic) bond motifs is 1. The number of hydrogen-bond acceptors (Lipinski definition) is 7. The van der Waals surface area contributed by atoms with Gasteiger partial charge in [0.1, 0.15) is 18.1 Å². The van der Waals surface area contributed by atoms with Crippen molar-refractivity contribution in [3.05, 3.63) is 53.5 Å². The molecular formula is C23H31N5O3. The van der Waals surface area contributed by atoms with Gasteiger partial charge < -0.3 is 20.1 Å². The molecule has 8 heteroatoms. The molecule has 0 unspecified atom stereocenters. The summed E-state index contributed by atoms with van der Waals surface area (Å²) in [6.07, 6.45) is 3.67. The zero-order chi connectivity index (χ0) is 21.6. The van der Waals surface area contributed by atoms with Crippen molar-refractivity contribution in [2.24, 2.45) is 0 Å². The molecule has 31 heavy (non-hydrogen) atoms. The number of amides is 1. The molecule has 1 saturated heterocycles. The Morgan fingerprint density at radius 1 is 1.23 bits per heavy atom. The summed E-state index contributed by atoms with van der Waals surface area (Å²) in [6, 6.07) is 9.98. The van der Waals surface area contributed by atoms with Crippen LogP contribution in [0.3, 0.4) is 0 Å². The van der Waals surface area contributed by atoms with Crippen LogP contribution in [0.1, 0.15) is 34.5 Å². The maximum Gasteiger partial charge on any atom is 0.270 e. The number of β-amino-alcohol motifs (C(OH)–C–C–N with tert-alkyl or cyclic N) is 1. The monoisotopic (exact) mass is 425 g/mol. The van der Waals surface area contributed by atoms with Crippen LogP contribution in [0.5, 0.6) is 5.88 Å². The Kier molecular flexibility index (Phi) is 7.11. The summed E-state index contributed by atoms with van der Waals surface area (Å²) >= 11 is 0. The Bertz CT molecular complexity index is 885. The molecule has 2 aliphatic heterocycles. The van der Waals surface area contributed by atoms with Gasteiger partial charge in [0.15, 0.2) is 0 Å². The number of aliphatic hydroxyl groups excluding tert-OH is 1. The second-order valence-corrected chi connectivity index (χ2v) is 8.48. The molecule has 8 nitrogen and oxygen atoms in total. The quantitative estimate of drug-likeness (QED) is 0.686. The van der Waals surface area contributed by atoms with Crippen LogP contribution in [0, 0.1) is 0 Å². The highest BCUT2D eigenvalue weighted by atomic mass is 16.5. The lowest BCUT2D eigenvalue weighted by molar-refractivity contribution is 0.0835. The molecule has 0 bridgehead atoms. The van der Waals surface area contributed by atoms with E-state index in [1.165, 1.54) is 17.5 Å². The second kappa shape index (κ2) is 10.2. The van der Waals surface area contributed by atoms with E-state index < -0.39 is 6.10 Å². The van der Waals surface area contributed by atoms with E-state index in [-0.39, 0.29) is 24.2 Å². The van der Waals surface area contributed by atoms with Gasteiger partial charge in [0.25, 0.3) is 5.91 Å². The van der Waals surface area contributed by atoms with Crippen LogP contribution in [0.4, 0.5) is 0 Å². The van der Waals surface area contributed by atoms with E-state index in [0.717, 1.165) is 45.4 Å². The Labute approximate surface area is 183 Å². The normalized spacial score (nSPS) is 18.9. The summed E-state index contributed by atoms with van der Waals surface area (Å²) in [5, 5.41) is 13.2. The van der Waals surface area contributed by atoms with Gasteiger partial charge in [-0.15, -0.1) is 0 Å². The number of piperidine rings is 1. The molecule has 1 amide bonds. The topological polar surface area (TPSA) is 90.8 Å². The Morgan fingerprint density at radius 2 is 2.00 bits per heavy atom. The summed E-state index contributed by atoms with van der Waals surface area (Å²) in [4.78, 5) is 25.2. The van der Waals surface area contributed by atoms with Crippen molar-refractivity contribution in [2.75, 3.05) is 39.8 Å². The predicted molar refractivity (Wildman–Crippen MR) is 117 cm³/mol. The maximum absolute atomic E-state index is 12.5. The minimum Gasteiger partial charge on any atom is -0.474 e. The van der Waals surface area contributed by atoms with Gasteiger partial charge in [-0.05, 0) is 37.4 Å². The first-order chi connectivity index (χ1) is 15.1. The molecular weight excluding hydrogens is 394 g/mol. The molecule has 2 N–H and O–H groups in total. The zero-order valence-corrected chi connectivity index (χ0v) is 18.0. The van der Waals surface area contributed by atoms with Gasteiger partial charge in [0, 0.05) is 45.3 Å². The number of aliphatic hydroxyl groups is 1. The smallest absolute Gasteiger partial charge is 0.270 e. The lowest BCUT2D eigenvalue weighted by Gasteiger charge is -2.30. The highest BCUT2D eigenvalue weighted by molar-refractivity contribution is 5.92. The number of rotatable bonds is 7. The van der Waals surface area contributed by atoms with Crippen LogP contribution >= 0.6 is 0 Å². The first-order valence-corrected chi connectivity index (χ1v) is 11.0. The molecule has 4 rings (SSSR count). The van der Waals surface area contributed by atoms with Crippen LogP contribution in [-0.2, 0) is 13.0 Å². The Hall–Kier alpha value is -2.55. The molecule has 2 aliphatic rings. The number of ether oxygens (including phenoxy) is 1. The highest BCUT2D eigenvalue weighted by Gasteiger charge is 2.21. The number of carbonyl (C=O) groups is 1. The Morgan fingerprint density at radius 3 is 2.81 bits per heavy atom. The van der Waals surface area contributed by atoms with Crippen molar-refractivity contribution in [1.82, 2.24) is 25.1 Å². The first kappa shape index (κ1) is 21.7. The number of carbonyl (C=O) groups excluding carboxylic acids is 1. The fraction of sp³-hybridized carbons (Fsp3) is 0.522. The van der Waals surface area contributed by atoms with Crippen LogP contribution in [-0.4, -0.2) is 82.8 Å². The number of aromatic nitrogens is 2. The molecule has 0 radical (unpaired) electrons. The fourth-order valence-corrected chi connectivity index (χ4v) is 4.18. The summed E-state index contributed by atoms with van der Waals surface area (Å²) in [7, 11) is 2.10. The summed E-state index contributed by atoms with van der Waals surface area (Å²) < 4.78 is 5.94. The maximum atomic E-state index is 12.5. The van der Waals surface area contributed by atoms with Gasteiger partial charge in [-0.1, -0.05) is 24.3 Å². The van der Waals surface area contributed by atoms with Crippen LogP contribution < -0.4 is 10.1 Å². The average Bonchev–Trinajstić information content (AvgIpc) is 2.79. The van der Waals surface area contributed by atoms with Gasteiger partial charge >= 0.3 is 0 Å². The summed E-state index contributed by atoms with van der Waals surface area (Å²) in [5.74, 6) is 0.0842. The van der Waals surface area contributed by atoms with Crippen molar-refractivity contribution in [1.29, 1.82) is 0 Å². The molecule has 1 aromatic carbocycles. The second-order valence-electron chi connectivity index (χ2n) is 8.48. The number of hydrogen-bond donors (Lipinski definition) is 2. The molecule has 3 heterocycles. The minimum atomic E-state index is -0.647. The van der Waals surface area contributed by atoms with Crippen molar-refractivity contribution in [3.8, 4) is 5.88 Å². The average molecular weight is 426 g/mol. The molecule has 0 spiro atoms. The Balaban J connectivity index is 1.24. The van der Waals surface area contributed by atoms with Gasteiger partial charge in [0.2, 0.25) is 5.88 Å². The molecule has 1 aromatic heterocycles. The van der Waals surface area contributed by atoms with E-state index in [9.17, 15) is 9.90 Å². The number of nitrogens with one attached hydrogen (secondary N) is 1. The molecule has 2 aromatic rings. The SMILES string of the molecule is CN1CCC(Oc2cc(C(=O)NC[C@H](O)CN3CCc4ccccc4C3)ncn2)CC1. The van der Waals surface area contributed by atoms with E-state index in [1.54, 1.807) is 6.07 Å². The van der Waals surface area contributed by atoms with Crippen molar-refractivity contribution in [3.63, 3.8) is 0 Å². The van der Waals surface area contributed by atoms with E-state index in [1.807, 2.05) is 6.07 Å². The lowest BCUT2D eigenvalue weighted by Crippen LogP contribution is -2.42. The molecule has 0 aliphatic carbocycles. The van der Waals surface area contributed by atoms with E-state index in [4.69, 9.17) is 4.74 Å². The number of likely N-dealkylation sites (tertiary alicyclic amines) is 1. The van der Waals surface area contributed by atoms with Crippen LogP contribution in [0.2, 0.25) is 0 Å². The van der Waals surface area contributed by atoms with E-state index in [0.29, 0.717) is 12.4 Å². The highest BCUT2D eigenvalue weighted by Crippen LogP contribution is 2.19. The molecule has 1 atom stereocenters. The lowest BCUT2D eigenvalue weighted by atomic mass is 10.00. The van der Waals surface area contributed by atoms with E-state index in [2.05, 4.69) is 50.3 Å². The molecule has 1 fully saturated rings. The number of nitrogens with zero attached hydrogens (tertiary/aromatic N) is 4. The molecule has 166 valence electrons. The number of benzene rings is 1. The minimum absolute atomic E-state index is 0.110. The van der Waals surface area contributed by atoms with Gasteiger partial charge in [-0.25, -0.2) is 9.97 Å². The van der Waals surface area contributed by atoms with Crippen molar-refractivity contribution >= 4 is 5.91 Å². The van der Waals surface area contributed by atoms with Crippen LogP contribution in [0.25, 0.3) is 0 Å². The summed E-state index contributed by atoms with van der Waals surface area (Å²) in [5.41, 5.74) is 2.93. The largest absolute Gasteiger partial charge is 0.474 e. The third-order valence-electron chi connectivity index (χ3n) is 6.00. The standard InChI is InChI=1S/C23H31N5O3/c1-27-9-7-20(8-10-27)31-22-12-21(25-16-26-22)23(30)24-13-19(29)15-28-11-6-17-4-2-3-5-18(17)14-28/h2-5,12,16,19-20,29H,6-11,13-15H2,1H3,(H,24,30)/t19-/m0/s1. The summed E-state index contributed by atoms with van der Waals surface area (Å²) in [6.45, 7) is 4.40. The van der Waals surface area contributed by atoms with Gasteiger partial charge in [0.05, 0.1) is 6.10 Å². The van der Waals surface area contributed by atoms with Crippen molar-refractivity contribution in [2.45, 2.75) is 38.0 Å². The van der Waals surface area contributed by atoms with E-state index >= 15 is 0 Å². The third-order valence-corrected chi connectivity index (χ3v) is 6.00. The zero-order valence-electron chi connectivity index (χ0n) is 18.0. The van der Waals surface area contributed by atoms with Crippen LogP contribution in [0.15, 0.2) is 36.7 Å².